The molecule has 0 aromatic heterocycles. The molecule has 94 valence electrons. The number of carbonyl (C=O) groups is 1. The largest absolute Gasteiger partial charge is 0.367 e. The van der Waals surface area contributed by atoms with E-state index in [4.69, 9.17) is 4.74 Å². The summed E-state index contributed by atoms with van der Waals surface area (Å²) in [6, 6.07) is 4.55. The number of ketones is 1. The summed E-state index contributed by atoms with van der Waals surface area (Å²) >= 11 is 0. The summed E-state index contributed by atoms with van der Waals surface area (Å²) < 4.78 is 19.1. The summed E-state index contributed by atoms with van der Waals surface area (Å²) in [5.74, 6) is -0.775. The molecular weight excluding hydrogens is 219 g/mol. The van der Waals surface area contributed by atoms with Gasteiger partial charge in [0.25, 0.3) is 0 Å². The lowest BCUT2D eigenvalue weighted by Gasteiger charge is -2.26. The molecule has 0 fully saturated rings. The Bertz CT molecular complexity index is 415. The Hall–Kier alpha value is -1.22. The molecule has 3 heteroatoms. The molecule has 1 aromatic carbocycles. The fourth-order valence-corrected chi connectivity index (χ4v) is 1.74. The van der Waals surface area contributed by atoms with Gasteiger partial charge in [-0.25, -0.2) is 4.39 Å². The molecule has 0 spiro atoms. The van der Waals surface area contributed by atoms with E-state index in [1.165, 1.54) is 6.07 Å². The van der Waals surface area contributed by atoms with Crippen LogP contribution >= 0.6 is 0 Å². The van der Waals surface area contributed by atoms with E-state index in [-0.39, 0.29) is 11.3 Å². The maximum atomic E-state index is 13.7. The first-order valence-electron chi connectivity index (χ1n) is 5.89. The first kappa shape index (κ1) is 13.8. The number of hydrogen-bond donors (Lipinski definition) is 0. The smallest absolute Gasteiger partial charge is 0.197 e. The summed E-state index contributed by atoms with van der Waals surface area (Å²) in [4.78, 5) is 12.3. The highest BCUT2D eigenvalue weighted by atomic mass is 19.1. The zero-order valence-corrected chi connectivity index (χ0v) is 10.8. The predicted octanol–water partition coefficient (Wildman–Crippen LogP) is 3.52. The minimum atomic E-state index is -0.941. The molecule has 1 rings (SSSR count). The molecule has 0 aliphatic rings. The normalized spacial score (nSPS) is 14.4. The molecule has 0 amide bonds. The van der Waals surface area contributed by atoms with E-state index < -0.39 is 11.4 Å². The summed E-state index contributed by atoms with van der Waals surface area (Å²) in [5, 5.41) is 0. The second-order valence-corrected chi connectivity index (χ2v) is 4.33. The Kier molecular flexibility index (Phi) is 4.40. The van der Waals surface area contributed by atoms with Crippen LogP contribution in [0.3, 0.4) is 0 Å². The first-order valence-corrected chi connectivity index (χ1v) is 5.89. The van der Waals surface area contributed by atoms with Crippen molar-refractivity contribution in [3.8, 4) is 0 Å². The third-order valence-electron chi connectivity index (χ3n) is 2.98. The van der Waals surface area contributed by atoms with E-state index in [1.54, 1.807) is 19.1 Å². The zero-order valence-electron chi connectivity index (χ0n) is 10.8. The van der Waals surface area contributed by atoms with Crippen LogP contribution in [0.25, 0.3) is 0 Å². The lowest BCUT2D eigenvalue weighted by molar-refractivity contribution is -0.0118. The Morgan fingerprint density at radius 2 is 2.06 bits per heavy atom. The van der Waals surface area contributed by atoms with Gasteiger partial charge in [0.05, 0.1) is 5.56 Å². The number of carbonyl (C=O) groups excluding carboxylic acids is 1. The van der Waals surface area contributed by atoms with E-state index >= 15 is 0 Å². The van der Waals surface area contributed by atoms with Gasteiger partial charge >= 0.3 is 0 Å². The molecule has 0 heterocycles. The molecule has 1 unspecified atom stereocenters. The van der Waals surface area contributed by atoms with Crippen LogP contribution < -0.4 is 0 Å². The second kappa shape index (κ2) is 5.41. The van der Waals surface area contributed by atoms with Crippen molar-refractivity contribution < 1.29 is 13.9 Å². The van der Waals surface area contributed by atoms with Crippen LogP contribution in [-0.4, -0.2) is 18.0 Å². The molecule has 0 aliphatic carbocycles. The van der Waals surface area contributed by atoms with Crippen molar-refractivity contribution in [1.82, 2.24) is 0 Å². The van der Waals surface area contributed by atoms with Gasteiger partial charge < -0.3 is 4.74 Å². The summed E-state index contributed by atoms with van der Waals surface area (Å²) in [7, 11) is 0. The number of hydrogen-bond acceptors (Lipinski definition) is 2. The van der Waals surface area contributed by atoms with Crippen molar-refractivity contribution in [2.75, 3.05) is 6.61 Å². The predicted molar refractivity (Wildman–Crippen MR) is 65.8 cm³/mol. The van der Waals surface area contributed by atoms with Crippen LogP contribution in [0.1, 0.15) is 43.1 Å². The van der Waals surface area contributed by atoms with Crippen LogP contribution in [-0.2, 0) is 4.74 Å². The van der Waals surface area contributed by atoms with E-state index in [9.17, 15) is 9.18 Å². The maximum Gasteiger partial charge on any atom is 0.197 e. The zero-order chi connectivity index (χ0) is 13.1. The molecule has 0 radical (unpaired) electrons. The Morgan fingerprint density at radius 3 is 2.59 bits per heavy atom. The summed E-state index contributed by atoms with van der Waals surface area (Å²) in [5.41, 5.74) is 0.0381. The standard InChI is InChI=1S/C14H19FO2/c1-5-14(4,17-6-2)13(16)11-9-10(3)7-8-12(11)15/h7-9H,5-6H2,1-4H3. The van der Waals surface area contributed by atoms with Crippen LogP contribution in [0, 0.1) is 12.7 Å². The van der Waals surface area contributed by atoms with Gasteiger partial charge in [-0.15, -0.1) is 0 Å². The quantitative estimate of drug-likeness (QED) is 0.734. The number of Topliss-reactive ketones (excluding diaryl/α,β-unsaturated/α-hetero) is 1. The molecule has 0 saturated carbocycles. The summed E-state index contributed by atoms with van der Waals surface area (Å²) in [6.07, 6.45) is 0.521. The first-order chi connectivity index (χ1) is 7.94. The highest BCUT2D eigenvalue weighted by Crippen LogP contribution is 2.23. The van der Waals surface area contributed by atoms with Gasteiger partial charge in [-0.3, -0.25) is 4.79 Å². The van der Waals surface area contributed by atoms with Crippen LogP contribution in [0.2, 0.25) is 0 Å². The molecule has 2 nitrogen and oxygen atoms in total. The Balaban J connectivity index is 3.14. The third kappa shape index (κ3) is 2.91. The highest BCUT2D eigenvalue weighted by Gasteiger charge is 2.34. The molecule has 1 aromatic rings. The highest BCUT2D eigenvalue weighted by molar-refractivity contribution is 6.02. The topological polar surface area (TPSA) is 26.3 Å². The number of halogens is 1. The van der Waals surface area contributed by atoms with Crippen molar-refractivity contribution in [2.45, 2.75) is 39.7 Å². The summed E-state index contributed by atoms with van der Waals surface area (Å²) in [6.45, 7) is 7.67. The third-order valence-corrected chi connectivity index (χ3v) is 2.98. The number of ether oxygens (including phenoxy) is 1. The SMILES string of the molecule is CCOC(C)(CC)C(=O)c1cc(C)ccc1F. The fraction of sp³-hybridized carbons (Fsp3) is 0.500. The Morgan fingerprint density at radius 1 is 1.41 bits per heavy atom. The maximum absolute atomic E-state index is 13.7. The number of aryl methyl sites for hydroxylation is 1. The van der Waals surface area contributed by atoms with Crippen molar-refractivity contribution in [3.63, 3.8) is 0 Å². The van der Waals surface area contributed by atoms with Crippen LogP contribution in [0.15, 0.2) is 18.2 Å². The lowest BCUT2D eigenvalue weighted by Crippen LogP contribution is -2.38. The lowest BCUT2D eigenvalue weighted by atomic mass is 9.91. The molecule has 17 heavy (non-hydrogen) atoms. The van der Waals surface area contributed by atoms with Crippen LogP contribution in [0.5, 0.6) is 0 Å². The van der Waals surface area contributed by atoms with Gasteiger partial charge in [-0.1, -0.05) is 18.6 Å². The molecule has 1 atom stereocenters. The molecule has 0 aliphatic heterocycles. The van der Waals surface area contributed by atoms with Gasteiger partial charge in [0, 0.05) is 6.61 Å². The second-order valence-electron chi connectivity index (χ2n) is 4.33. The fourth-order valence-electron chi connectivity index (χ4n) is 1.74. The van der Waals surface area contributed by atoms with Gasteiger partial charge in [0.15, 0.2) is 5.78 Å². The van der Waals surface area contributed by atoms with Gasteiger partial charge in [0.1, 0.15) is 11.4 Å². The van der Waals surface area contributed by atoms with E-state index in [0.29, 0.717) is 13.0 Å². The van der Waals surface area contributed by atoms with Crippen molar-refractivity contribution in [2.24, 2.45) is 0 Å². The van der Waals surface area contributed by atoms with Gasteiger partial charge in [-0.2, -0.15) is 0 Å². The van der Waals surface area contributed by atoms with Crippen molar-refractivity contribution in [3.05, 3.63) is 35.1 Å². The van der Waals surface area contributed by atoms with Gasteiger partial charge in [-0.05, 0) is 39.3 Å². The molecule has 0 saturated heterocycles. The minimum absolute atomic E-state index is 0.114. The van der Waals surface area contributed by atoms with E-state index in [0.717, 1.165) is 5.56 Å². The molecule has 0 N–H and O–H groups in total. The minimum Gasteiger partial charge on any atom is -0.367 e. The molecule has 0 bridgehead atoms. The Labute approximate surface area is 102 Å². The number of benzene rings is 1. The van der Waals surface area contributed by atoms with Gasteiger partial charge in [0.2, 0.25) is 0 Å². The average Bonchev–Trinajstić information content (AvgIpc) is 2.31. The van der Waals surface area contributed by atoms with E-state index in [2.05, 4.69) is 0 Å². The van der Waals surface area contributed by atoms with Crippen molar-refractivity contribution >= 4 is 5.78 Å². The number of rotatable bonds is 5. The average molecular weight is 238 g/mol. The van der Waals surface area contributed by atoms with Crippen LogP contribution in [0.4, 0.5) is 4.39 Å². The monoisotopic (exact) mass is 238 g/mol. The van der Waals surface area contributed by atoms with Crippen molar-refractivity contribution in [1.29, 1.82) is 0 Å². The van der Waals surface area contributed by atoms with E-state index in [1.807, 2.05) is 20.8 Å². The molecular formula is C14H19FO2.